The van der Waals surface area contributed by atoms with E-state index in [4.69, 9.17) is 16.8 Å². The van der Waals surface area contributed by atoms with Crippen molar-refractivity contribution in [3.8, 4) is 0 Å². The van der Waals surface area contributed by atoms with Crippen LogP contribution >= 0.6 is 11.6 Å². The lowest BCUT2D eigenvalue weighted by molar-refractivity contribution is 0.290. The molecule has 0 aromatic heterocycles. The summed E-state index contributed by atoms with van der Waals surface area (Å²) in [5, 5.41) is 15.8. The maximum Gasteiger partial charge on any atom is 0.176 e. The van der Waals surface area contributed by atoms with Crippen LogP contribution in [0, 0.1) is 5.82 Å². The first-order chi connectivity index (χ1) is 8.22. The van der Waals surface area contributed by atoms with E-state index in [0.29, 0.717) is 11.4 Å². The van der Waals surface area contributed by atoms with Gasteiger partial charge in [0.1, 0.15) is 5.82 Å². The van der Waals surface area contributed by atoms with E-state index in [1.165, 1.54) is 18.2 Å². The number of hydrogen-bond donors (Lipinski definition) is 2. The molecule has 4 nitrogen and oxygen atoms in total. The average molecular weight is 258 g/mol. The van der Waals surface area contributed by atoms with Gasteiger partial charge in [0.2, 0.25) is 0 Å². The van der Waals surface area contributed by atoms with Gasteiger partial charge in [0.15, 0.2) is 5.84 Å². The minimum atomic E-state index is -0.406. The molecule has 2 N–H and O–H groups in total. The molecule has 1 fully saturated rings. The Morgan fingerprint density at radius 1 is 1.41 bits per heavy atom. The Kier molecular flexibility index (Phi) is 3.81. The fourth-order valence-electron chi connectivity index (χ4n) is 1.83. The second kappa shape index (κ2) is 5.33. The molecule has 0 saturated carbocycles. The highest BCUT2D eigenvalue weighted by Gasteiger charge is 2.19. The summed E-state index contributed by atoms with van der Waals surface area (Å²) < 4.78 is 12.9. The quantitative estimate of drug-likeness (QED) is 0.347. The van der Waals surface area contributed by atoms with Gasteiger partial charge in [-0.15, -0.1) is 0 Å². The van der Waals surface area contributed by atoms with Crippen molar-refractivity contribution < 1.29 is 9.60 Å². The summed E-state index contributed by atoms with van der Waals surface area (Å²) >= 11 is 5.95. The van der Waals surface area contributed by atoms with Crippen molar-refractivity contribution in [3.05, 3.63) is 34.6 Å². The van der Waals surface area contributed by atoms with Gasteiger partial charge in [0.05, 0.1) is 5.02 Å². The molecular formula is C11H13ClFN3O. The fourth-order valence-corrected chi connectivity index (χ4v) is 2.09. The number of nitrogens with one attached hydrogen (secondary N) is 1. The van der Waals surface area contributed by atoms with Crippen molar-refractivity contribution in [1.82, 2.24) is 10.2 Å². The molecule has 0 aliphatic carbocycles. The summed E-state index contributed by atoms with van der Waals surface area (Å²) in [5.74, 6) is -0.0205. The van der Waals surface area contributed by atoms with Gasteiger partial charge in [0.25, 0.3) is 0 Å². The lowest BCUT2D eigenvalue weighted by Crippen LogP contribution is -2.46. The highest BCUT2D eigenvalue weighted by atomic mass is 35.5. The molecule has 1 saturated heterocycles. The molecule has 2 rings (SSSR count). The van der Waals surface area contributed by atoms with Gasteiger partial charge >= 0.3 is 0 Å². The molecule has 6 heteroatoms. The second-order valence-corrected chi connectivity index (χ2v) is 4.19. The average Bonchev–Trinajstić information content (AvgIpc) is 2.34. The molecule has 17 heavy (non-hydrogen) atoms. The van der Waals surface area contributed by atoms with Gasteiger partial charge in [-0.05, 0) is 18.2 Å². The Balaban J connectivity index is 2.28. The van der Waals surface area contributed by atoms with Gasteiger partial charge < -0.3 is 15.4 Å². The molecule has 1 aromatic carbocycles. The van der Waals surface area contributed by atoms with Crippen molar-refractivity contribution in [2.45, 2.75) is 0 Å². The third-order valence-electron chi connectivity index (χ3n) is 2.68. The normalized spacial score (nSPS) is 17.3. The molecule has 92 valence electrons. The fraction of sp³-hybridized carbons (Fsp3) is 0.364. The van der Waals surface area contributed by atoms with Crippen LogP contribution in [0.3, 0.4) is 0 Å². The van der Waals surface area contributed by atoms with Gasteiger partial charge in [-0.25, -0.2) is 4.39 Å². The smallest absolute Gasteiger partial charge is 0.176 e. The zero-order valence-electron chi connectivity index (χ0n) is 9.16. The van der Waals surface area contributed by atoms with Crippen molar-refractivity contribution in [2.75, 3.05) is 26.2 Å². The third kappa shape index (κ3) is 2.68. The van der Waals surface area contributed by atoms with Crippen LogP contribution in [0.1, 0.15) is 5.56 Å². The first-order valence-electron chi connectivity index (χ1n) is 5.35. The highest BCUT2D eigenvalue weighted by molar-refractivity contribution is 6.34. The molecule has 0 spiro atoms. The van der Waals surface area contributed by atoms with E-state index >= 15 is 0 Å². The van der Waals surface area contributed by atoms with Crippen LogP contribution in [0.2, 0.25) is 5.02 Å². The number of hydrogen-bond acceptors (Lipinski definition) is 3. The molecule has 1 aliphatic heterocycles. The van der Waals surface area contributed by atoms with Crippen LogP contribution in [0.4, 0.5) is 4.39 Å². The molecule has 0 bridgehead atoms. The second-order valence-electron chi connectivity index (χ2n) is 3.78. The van der Waals surface area contributed by atoms with Gasteiger partial charge in [-0.1, -0.05) is 16.8 Å². The van der Waals surface area contributed by atoms with E-state index in [0.717, 1.165) is 26.2 Å². The summed E-state index contributed by atoms with van der Waals surface area (Å²) in [5.41, 5.74) is 0.539. The largest absolute Gasteiger partial charge is 0.409 e. The lowest BCUT2D eigenvalue weighted by Gasteiger charge is -2.29. The molecule has 1 aliphatic rings. The van der Waals surface area contributed by atoms with Crippen LogP contribution in [-0.2, 0) is 0 Å². The molecule has 0 atom stereocenters. The summed E-state index contributed by atoms with van der Waals surface area (Å²) in [7, 11) is 0. The van der Waals surface area contributed by atoms with Crippen LogP contribution in [0.15, 0.2) is 23.4 Å². The summed E-state index contributed by atoms with van der Waals surface area (Å²) in [6, 6.07) is 4.04. The van der Waals surface area contributed by atoms with E-state index in [9.17, 15) is 4.39 Å². The number of amidine groups is 1. The topological polar surface area (TPSA) is 47.9 Å². The number of oxime groups is 1. The number of halogens is 2. The zero-order chi connectivity index (χ0) is 12.3. The maximum absolute atomic E-state index is 12.9. The highest BCUT2D eigenvalue weighted by Crippen LogP contribution is 2.19. The minimum absolute atomic E-state index is 0.247. The maximum atomic E-state index is 12.9. The zero-order valence-corrected chi connectivity index (χ0v) is 9.91. The van der Waals surface area contributed by atoms with E-state index < -0.39 is 5.82 Å². The van der Waals surface area contributed by atoms with Crippen LogP contribution < -0.4 is 5.32 Å². The molecule has 0 radical (unpaired) electrons. The molecule has 1 heterocycles. The third-order valence-corrected chi connectivity index (χ3v) is 3.00. The SMILES string of the molecule is O/N=C(/c1ccc(F)cc1Cl)N1CCNCC1. The first kappa shape index (κ1) is 12.1. The summed E-state index contributed by atoms with van der Waals surface area (Å²) in [6.07, 6.45) is 0. The van der Waals surface area contributed by atoms with Gasteiger partial charge in [0, 0.05) is 31.7 Å². The number of nitrogens with zero attached hydrogens (tertiary/aromatic N) is 2. The summed E-state index contributed by atoms with van der Waals surface area (Å²) in [4.78, 5) is 1.91. The van der Waals surface area contributed by atoms with E-state index in [2.05, 4.69) is 10.5 Å². The first-order valence-corrected chi connectivity index (χ1v) is 5.73. The predicted molar refractivity (Wildman–Crippen MR) is 64.2 cm³/mol. The van der Waals surface area contributed by atoms with Crippen LogP contribution in [-0.4, -0.2) is 42.1 Å². The molecule has 0 amide bonds. The Bertz CT molecular complexity index is 433. The predicted octanol–water partition coefficient (Wildman–Crippen LogP) is 1.52. The Morgan fingerprint density at radius 3 is 2.71 bits per heavy atom. The lowest BCUT2D eigenvalue weighted by atomic mass is 10.1. The van der Waals surface area contributed by atoms with Crippen molar-refractivity contribution >= 4 is 17.4 Å². The summed E-state index contributed by atoms with van der Waals surface area (Å²) in [6.45, 7) is 3.09. The van der Waals surface area contributed by atoms with Crippen LogP contribution in [0.5, 0.6) is 0 Å². The molecule has 1 aromatic rings. The van der Waals surface area contributed by atoms with Crippen molar-refractivity contribution in [2.24, 2.45) is 5.16 Å². The minimum Gasteiger partial charge on any atom is -0.409 e. The van der Waals surface area contributed by atoms with Crippen molar-refractivity contribution in [1.29, 1.82) is 0 Å². The van der Waals surface area contributed by atoms with E-state index in [-0.39, 0.29) is 5.02 Å². The number of piperazine rings is 1. The Labute approximate surface area is 104 Å². The number of benzene rings is 1. The Hall–Kier alpha value is -1.33. The van der Waals surface area contributed by atoms with Gasteiger partial charge in [-0.3, -0.25) is 0 Å². The van der Waals surface area contributed by atoms with E-state index in [1.807, 2.05) is 4.90 Å². The standard InChI is InChI=1S/C11H13ClFN3O/c12-10-7-8(13)1-2-9(10)11(15-17)16-5-3-14-4-6-16/h1-2,7,14,17H,3-6H2/b15-11-. The Morgan fingerprint density at radius 2 is 2.12 bits per heavy atom. The number of rotatable bonds is 1. The van der Waals surface area contributed by atoms with E-state index in [1.54, 1.807) is 0 Å². The molecular weight excluding hydrogens is 245 g/mol. The van der Waals surface area contributed by atoms with Crippen molar-refractivity contribution in [3.63, 3.8) is 0 Å². The molecule has 0 unspecified atom stereocenters. The van der Waals surface area contributed by atoms with Crippen LogP contribution in [0.25, 0.3) is 0 Å². The monoisotopic (exact) mass is 257 g/mol. The van der Waals surface area contributed by atoms with Gasteiger partial charge in [-0.2, -0.15) is 0 Å².